The second kappa shape index (κ2) is 10.9. The quantitative estimate of drug-likeness (QED) is 0.364. The van der Waals surface area contributed by atoms with Crippen molar-refractivity contribution in [3.05, 3.63) is 72.8 Å². The topological polar surface area (TPSA) is 101 Å². The van der Waals surface area contributed by atoms with E-state index in [4.69, 9.17) is 14.5 Å². The molecule has 1 aliphatic rings. The van der Waals surface area contributed by atoms with Crippen LogP contribution < -0.4 is 29.9 Å². The summed E-state index contributed by atoms with van der Waals surface area (Å²) >= 11 is 0. The standard InChI is InChI=1S/C26H27FN8O2/c1-36-20-7-4-18(5-8-20)31-25-32-23(30-19-6-9-22(37-2)21(27)16-19)17-24(33-25)34-12-14-35(15-13-34)26-28-10-3-11-29-26/h3-11,16-17H,12-15H2,1-2H3,(H2,30,31,32,33). The first kappa shape index (κ1) is 24.0. The molecule has 0 radical (unpaired) electrons. The molecule has 10 nitrogen and oxygen atoms in total. The van der Waals surface area contributed by atoms with Gasteiger partial charge in [0.1, 0.15) is 17.4 Å². The molecule has 11 heteroatoms. The summed E-state index contributed by atoms with van der Waals surface area (Å²) in [6, 6.07) is 15.8. The molecule has 1 fully saturated rings. The maximum absolute atomic E-state index is 14.3. The first-order valence-corrected chi connectivity index (χ1v) is 11.8. The largest absolute Gasteiger partial charge is 0.497 e. The van der Waals surface area contributed by atoms with Crippen LogP contribution in [0.5, 0.6) is 11.5 Å². The number of nitrogens with zero attached hydrogens (tertiary/aromatic N) is 6. The molecule has 0 aliphatic carbocycles. The molecular formula is C26H27FN8O2. The van der Waals surface area contributed by atoms with E-state index < -0.39 is 5.82 Å². The van der Waals surface area contributed by atoms with Gasteiger partial charge in [0.15, 0.2) is 11.6 Å². The Morgan fingerprint density at radius 3 is 2.16 bits per heavy atom. The predicted molar refractivity (Wildman–Crippen MR) is 141 cm³/mol. The van der Waals surface area contributed by atoms with Gasteiger partial charge in [-0.05, 0) is 42.5 Å². The number of rotatable bonds is 8. The van der Waals surface area contributed by atoms with Gasteiger partial charge in [0, 0.05) is 62.1 Å². The van der Waals surface area contributed by atoms with Gasteiger partial charge in [0.05, 0.1) is 14.2 Å². The molecule has 4 aromatic rings. The van der Waals surface area contributed by atoms with Crippen LogP contribution in [-0.2, 0) is 0 Å². The number of anilines is 6. The first-order chi connectivity index (χ1) is 18.1. The Labute approximate surface area is 214 Å². The van der Waals surface area contributed by atoms with E-state index in [9.17, 15) is 4.39 Å². The van der Waals surface area contributed by atoms with E-state index in [1.807, 2.05) is 30.3 Å². The van der Waals surface area contributed by atoms with Crippen molar-refractivity contribution in [1.29, 1.82) is 0 Å². The van der Waals surface area contributed by atoms with Gasteiger partial charge in [-0.2, -0.15) is 9.97 Å². The maximum atomic E-state index is 14.3. The summed E-state index contributed by atoms with van der Waals surface area (Å²) in [6.45, 7) is 2.96. The van der Waals surface area contributed by atoms with Gasteiger partial charge in [0.2, 0.25) is 11.9 Å². The van der Waals surface area contributed by atoms with Crippen LogP contribution in [0.4, 0.5) is 39.3 Å². The average Bonchev–Trinajstić information content (AvgIpc) is 2.94. The van der Waals surface area contributed by atoms with Crippen molar-refractivity contribution < 1.29 is 13.9 Å². The number of methoxy groups -OCH3 is 2. The highest BCUT2D eigenvalue weighted by Gasteiger charge is 2.21. The van der Waals surface area contributed by atoms with E-state index >= 15 is 0 Å². The molecule has 0 bridgehead atoms. The van der Waals surface area contributed by atoms with E-state index in [0.29, 0.717) is 17.5 Å². The minimum atomic E-state index is -0.461. The van der Waals surface area contributed by atoms with Gasteiger partial charge in [-0.15, -0.1) is 0 Å². The summed E-state index contributed by atoms with van der Waals surface area (Å²) in [5, 5.41) is 6.45. The average molecular weight is 503 g/mol. The predicted octanol–water partition coefficient (Wildman–Crippen LogP) is 4.24. The molecule has 0 amide bonds. The summed E-state index contributed by atoms with van der Waals surface area (Å²) in [5.74, 6) is 2.87. The fraction of sp³-hybridized carbons (Fsp3) is 0.231. The zero-order valence-electron chi connectivity index (χ0n) is 20.6. The number of hydrogen-bond donors (Lipinski definition) is 2. The summed E-state index contributed by atoms with van der Waals surface area (Å²) in [7, 11) is 3.06. The van der Waals surface area contributed by atoms with Crippen LogP contribution in [0.3, 0.4) is 0 Å². The molecular weight excluding hydrogens is 475 g/mol. The second-order valence-electron chi connectivity index (χ2n) is 8.29. The minimum absolute atomic E-state index is 0.177. The zero-order valence-corrected chi connectivity index (χ0v) is 20.6. The fourth-order valence-corrected chi connectivity index (χ4v) is 4.00. The van der Waals surface area contributed by atoms with Gasteiger partial charge < -0.3 is 29.9 Å². The second-order valence-corrected chi connectivity index (χ2v) is 8.29. The zero-order chi connectivity index (χ0) is 25.6. The van der Waals surface area contributed by atoms with E-state index in [1.54, 1.807) is 37.7 Å². The monoisotopic (exact) mass is 502 g/mol. The van der Waals surface area contributed by atoms with Crippen molar-refractivity contribution in [1.82, 2.24) is 19.9 Å². The van der Waals surface area contributed by atoms with Crippen LogP contribution >= 0.6 is 0 Å². The molecule has 0 atom stereocenters. The minimum Gasteiger partial charge on any atom is -0.497 e. The van der Waals surface area contributed by atoms with Gasteiger partial charge in [0.25, 0.3) is 0 Å². The van der Waals surface area contributed by atoms with Crippen LogP contribution in [0.2, 0.25) is 0 Å². The Bertz CT molecular complexity index is 1330. The number of halogens is 1. The summed E-state index contributed by atoms with van der Waals surface area (Å²) < 4.78 is 24.6. The van der Waals surface area contributed by atoms with Crippen LogP contribution in [0.15, 0.2) is 67.0 Å². The number of ether oxygens (including phenoxy) is 2. The number of piperazine rings is 1. The van der Waals surface area contributed by atoms with Crippen LogP contribution in [0.25, 0.3) is 0 Å². The third-order valence-electron chi connectivity index (χ3n) is 5.92. The van der Waals surface area contributed by atoms with E-state index in [-0.39, 0.29) is 5.75 Å². The highest BCUT2D eigenvalue weighted by atomic mass is 19.1. The molecule has 1 aliphatic heterocycles. The van der Waals surface area contributed by atoms with Crippen molar-refractivity contribution >= 4 is 34.9 Å². The Morgan fingerprint density at radius 1 is 0.784 bits per heavy atom. The molecule has 5 rings (SSSR count). The number of benzene rings is 2. The highest BCUT2D eigenvalue weighted by molar-refractivity contribution is 5.65. The van der Waals surface area contributed by atoms with Gasteiger partial charge in [-0.25, -0.2) is 14.4 Å². The van der Waals surface area contributed by atoms with E-state index in [1.165, 1.54) is 13.2 Å². The molecule has 2 aromatic carbocycles. The third kappa shape index (κ3) is 5.77. The Hall–Kier alpha value is -4.67. The lowest BCUT2D eigenvalue weighted by atomic mass is 10.2. The Morgan fingerprint density at radius 2 is 1.49 bits per heavy atom. The van der Waals surface area contributed by atoms with E-state index in [2.05, 4.69) is 35.4 Å². The lowest BCUT2D eigenvalue weighted by Crippen LogP contribution is -2.47. The SMILES string of the molecule is COc1ccc(Nc2nc(Nc3ccc(OC)c(F)c3)cc(N3CCN(c4ncccn4)CC3)n2)cc1. The first-order valence-electron chi connectivity index (χ1n) is 11.8. The molecule has 1 saturated heterocycles. The van der Waals surface area contributed by atoms with Gasteiger partial charge >= 0.3 is 0 Å². The Kier molecular flexibility index (Phi) is 7.11. The maximum Gasteiger partial charge on any atom is 0.231 e. The van der Waals surface area contributed by atoms with Crippen LogP contribution in [-0.4, -0.2) is 60.3 Å². The molecule has 3 heterocycles. The van der Waals surface area contributed by atoms with Crippen molar-refractivity contribution in [3.8, 4) is 11.5 Å². The Balaban J connectivity index is 1.39. The van der Waals surface area contributed by atoms with Gasteiger partial charge in [-0.1, -0.05) is 0 Å². The number of hydrogen-bond acceptors (Lipinski definition) is 10. The normalized spacial score (nSPS) is 13.3. The molecule has 0 saturated carbocycles. The molecule has 2 N–H and O–H groups in total. The van der Waals surface area contributed by atoms with Crippen molar-refractivity contribution in [2.45, 2.75) is 0 Å². The van der Waals surface area contributed by atoms with E-state index in [0.717, 1.165) is 49.4 Å². The number of nitrogens with one attached hydrogen (secondary N) is 2. The molecule has 0 spiro atoms. The van der Waals surface area contributed by atoms with Crippen LogP contribution in [0, 0.1) is 5.82 Å². The fourth-order valence-electron chi connectivity index (χ4n) is 4.00. The molecule has 190 valence electrons. The van der Waals surface area contributed by atoms with Crippen molar-refractivity contribution in [2.24, 2.45) is 0 Å². The molecule has 2 aromatic heterocycles. The van der Waals surface area contributed by atoms with Crippen molar-refractivity contribution in [2.75, 3.05) is 60.8 Å². The van der Waals surface area contributed by atoms with Crippen LogP contribution in [0.1, 0.15) is 0 Å². The molecule has 37 heavy (non-hydrogen) atoms. The third-order valence-corrected chi connectivity index (χ3v) is 5.92. The number of aromatic nitrogens is 4. The molecule has 0 unspecified atom stereocenters. The lowest BCUT2D eigenvalue weighted by Gasteiger charge is -2.35. The van der Waals surface area contributed by atoms with Crippen molar-refractivity contribution in [3.63, 3.8) is 0 Å². The highest BCUT2D eigenvalue weighted by Crippen LogP contribution is 2.27. The van der Waals surface area contributed by atoms with Gasteiger partial charge in [-0.3, -0.25) is 0 Å². The summed E-state index contributed by atoms with van der Waals surface area (Å²) in [5.41, 5.74) is 1.36. The summed E-state index contributed by atoms with van der Waals surface area (Å²) in [6.07, 6.45) is 3.49. The summed E-state index contributed by atoms with van der Waals surface area (Å²) in [4.78, 5) is 22.4. The smallest absolute Gasteiger partial charge is 0.231 e. The lowest BCUT2D eigenvalue weighted by molar-refractivity contribution is 0.386.